The summed E-state index contributed by atoms with van der Waals surface area (Å²) in [7, 11) is 1.50. The molecule has 4 rings (SSSR count). The van der Waals surface area contributed by atoms with Crippen molar-refractivity contribution in [1.29, 1.82) is 5.26 Å². The Morgan fingerprint density at radius 3 is 2.34 bits per heavy atom. The van der Waals surface area contributed by atoms with Crippen LogP contribution in [-0.4, -0.2) is 44.6 Å². The van der Waals surface area contributed by atoms with Crippen molar-refractivity contribution in [3.63, 3.8) is 0 Å². The van der Waals surface area contributed by atoms with E-state index in [1.165, 1.54) is 17.8 Å². The van der Waals surface area contributed by atoms with Crippen molar-refractivity contribution in [2.45, 2.75) is 52.6 Å². The number of nitrogens with zero attached hydrogens (tertiary/aromatic N) is 5. The minimum atomic E-state index is -1.58. The van der Waals surface area contributed by atoms with Crippen molar-refractivity contribution in [3.05, 3.63) is 53.9 Å². The lowest BCUT2D eigenvalue weighted by atomic mass is 9.90. The highest BCUT2D eigenvalue weighted by atomic mass is 16.6. The third-order valence-corrected chi connectivity index (χ3v) is 5.80. The summed E-state index contributed by atoms with van der Waals surface area (Å²) in [6.45, 7) is 10.6. The predicted molar refractivity (Wildman–Crippen MR) is 143 cm³/mol. The van der Waals surface area contributed by atoms with E-state index in [2.05, 4.69) is 16.2 Å². The van der Waals surface area contributed by atoms with Gasteiger partial charge in [-0.2, -0.15) is 19.8 Å². The topological polar surface area (TPSA) is 130 Å². The number of benzene rings is 2. The zero-order chi connectivity index (χ0) is 28.0. The molecule has 0 unspecified atom stereocenters. The Bertz CT molecular complexity index is 1620. The second-order valence-corrected chi connectivity index (χ2v) is 10.8. The lowest BCUT2D eigenvalue weighted by Crippen LogP contribution is -2.41. The largest absolute Gasteiger partial charge is 0.496 e. The van der Waals surface area contributed by atoms with E-state index in [1.54, 1.807) is 26.8 Å². The summed E-state index contributed by atoms with van der Waals surface area (Å²) in [5, 5.41) is 26.6. The molecule has 196 valence electrons. The van der Waals surface area contributed by atoms with E-state index in [4.69, 9.17) is 9.47 Å². The predicted octanol–water partition coefficient (Wildman–Crippen LogP) is 6.15. The molecule has 38 heavy (non-hydrogen) atoms. The molecule has 2 aromatic heterocycles. The zero-order valence-electron chi connectivity index (χ0n) is 22.4. The summed E-state index contributed by atoms with van der Waals surface area (Å²) in [6, 6.07) is 13.3. The molecule has 0 radical (unpaired) electrons. The number of imide groups is 1. The van der Waals surface area contributed by atoms with Gasteiger partial charge < -0.3 is 14.6 Å². The Morgan fingerprint density at radius 1 is 1.08 bits per heavy atom. The van der Waals surface area contributed by atoms with E-state index >= 15 is 0 Å². The summed E-state index contributed by atoms with van der Waals surface area (Å²) in [5.41, 5.74) is -0.0803. The number of hydrogen-bond acceptors (Lipinski definition) is 7. The maximum atomic E-state index is 13.4. The van der Waals surface area contributed by atoms with Crippen molar-refractivity contribution in [2.24, 2.45) is 0 Å². The minimum absolute atomic E-state index is 0.116. The molecule has 0 atom stereocenters. The molecule has 1 N–H and O–H groups in total. The Morgan fingerprint density at radius 2 is 1.76 bits per heavy atom. The number of rotatable bonds is 3. The van der Waals surface area contributed by atoms with Crippen molar-refractivity contribution >= 4 is 34.4 Å². The first kappa shape index (κ1) is 26.4. The van der Waals surface area contributed by atoms with Gasteiger partial charge in [-0.05, 0) is 37.6 Å². The first-order valence-corrected chi connectivity index (χ1v) is 11.9. The summed E-state index contributed by atoms with van der Waals surface area (Å²) < 4.78 is 12.4. The Hall–Kier alpha value is -4.65. The fraction of sp³-hybridized carbons (Fsp3) is 0.321. The summed E-state index contributed by atoms with van der Waals surface area (Å²) in [6.07, 6.45) is -1.27. The van der Waals surface area contributed by atoms with Gasteiger partial charge in [-0.15, -0.1) is 0 Å². The molecule has 0 fully saturated rings. The second-order valence-electron chi connectivity index (χ2n) is 10.8. The van der Waals surface area contributed by atoms with Gasteiger partial charge in [0, 0.05) is 22.7 Å². The number of hydrogen-bond donors (Lipinski definition) is 1. The normalized spacial score (nSPS) is 11.8. The molecule has 0 aliphatic rings. The lowest BCUT2D eigenvalue weighted by Gasteiger charge is -2.26. The summed E-state index contributed by atoms with van der Waals surface area (Å²) in [5.74, 6) is 0.294. The molecule has 2 heterocycles. The third-order valence-electron chi connectivity index (χ3n) is 5.80. The van der Waals surface area contributed by atoms with Gasteiger partial charge in [-0.1, -0.05) is 51.1 Å². The van der Waals surface area contributed by atoms with Crippen molar-refractivity contribution < 1.29 is 24.2 Å². The van der Waals surface area contributed by atoms with Gasteiger partial charge in [-0.25, -0.2) is 14.6 Å². The van der Waals surface area contributed by atoms with Crippen LogP contribution in [0.15, 0.2) is 42.6 Å². The van der Waals surface area contributed by atoms with Gasteiger partial charge in [0.25, 0.3) is 0 Å². The van der Waals surface area contributed by atoms with Crippen LogP contribution in [0.1, 0.15) is 52.8 Å². The van der Waals surface area contributed by atoms with Crippen LogP contribution in [0.5, 0.6) is 5.75 Å². The maximum absolute atomic E-state index is 13.4. The highest BCUT2D eigenvalue weighted by molar-refractivity contribution is 6.13. The highest BCUT2D eigenvalue weighted by Gasteiger charge is 2.36. The third kappa shape index (κ3) is 4.59. The zero-order valence-corrected chi connectivity index (χ0v) is 22.4. The number of anilines is 1. The average molecular weight is 516 g/mol. The standard InChI is InChI=1S/C28H29N5O5/c1-27(2,3)22-18(14-29)23-30-15-19(21-17-11-9-8-10-16(17)12-13-20(21)37-7)24(33(23)31-22)32(25(34)35)26(36)38-28(4,5)6/h8-13,15H,1-7H3,(H,34,35). The number of aromatic nitrogens is 3. The van der Waals surface area contributed by atoms with Crippen LogP contribution in [0.2, 0.25) is 0 Å². The Kier molecular flexibility index (Phi) is 6.49. The molecule has 2 aromatic carbocycles. The van der Waals surface area contributed by atoms with Gasteiger partial charge in [0.05, 0.1) is 12.8 Å². The van der Waals surface area contributed by atoms with Gasteiger partial charge in [0.1, 0.15) is 23.0 Å². The molecule has 0 saturated heterocycles. The minimum Gasteiger partial charge on any atom is -0.496 e. The fourth-order valence-electron chi connectivity index (χ4n) is 4.26. The molecule has 0 aliphatic heterocycles. The summed E-state index contributed by atoms with van der Waals surface area (Å²) in [4.78, 5) is 31.1. The molecular formula is C28H29N5O5. The van der Waals surface area contributed by atoms with E-state index in [0.717, 1.165) is 10.8 Å². The van der Waals surface area contributed by atoms with Crippen LogP contribution >= 0.6 is 0 Å². The number of carbonyl (C=O) groups is 2. The number of methoxy groups -OCH3 is 1. The van der Waals surface area contributed by atoms with Crippen LogP contribution in [0.4, 0.5) is 15.4 Å². The molecule has 10 heteroatoms. The molecule has 0 aliphatic carbocycles. The quantitative estimate of drug-likeness (QED) is 0.344. The monoisotopic (exact) mass is 515 g/mol. The van der Waals surface area contributed by atoms with Crippen molar-refractivity contribution in [3.8, 4) is 22.9 Å². The van der Waals surface area contributed by atoms with Crippen LogP contribution in [0, 0.1) is 11.3 Å². The SMILES string of the molecule is COc1ccc2ccccc2c1-c1cnc2c(C#N)c(C(C)(C)C)nn2c1N(C(=O)O)C(=O)OC(C)(C)C. The van der Waals surface area contributed by atoms with Crippen LogP contribution in [0.25, 0.3) is 27.5 Å². The van der Waals surface area contributed by atoms with Gasteiger partial charge in [-0.3, -0.25) is 0 Å². The number of carboxylic acid groups (broad SMARTS) is 1. The molecular weight excluding hydrogens is 486 g/mol. The number of nitriles is 1. The fourth-order valence-corrected chi connectivity index (χ4v) is 4.26. The van der Waals surface area contributed by atoms with E-state index < -0.39 is 23.2 Å². The maximum Gasteiger partial charge on any atom is 0.425 e. The van der Waals surface area contributed by atoms with E-state index in [-0.39, 0.29) is 22.6 Å². The van der Waals surface area contributed by atoms with E-state index in [0.29, 0.717) is 21.9 Å². The molecule has 10 nitrogen and oxygen atoms in total. The molecule has 0 spiro atoms. The smallest absolute Gasteiger partial charge is 0.425 e. The molecule has 0 saturated carbocycles. The highest BCUT2D eigenvalue weighted by Crippen LogP contribution is 2.43. The van der Waals surface area contributed by atoms with Gasteiger partial charge >= 0.3 is 12.2 Å². The first-order valence-electron chi connectivity index (χ1n) is 11.9. The van der Waals surface area contributed by atoms with Crippen molar-refractivity contribution in [2.75, 3.05) is 12.0 Å². The molecule has 2 amide bonds. The Labute approximate surface area is 220 Å². The number of amides is 2. The van der Waals surface area contributed by atoms with Crippen LogP contribution < -0.4 is 9.64 Å². The average Bonchev–Trinajstić information content (AvgIpc) is 3.22. The Balaban J connectivity index is 2.21. The first-order chi connectivity index (χ1) is 17.8. The molecule has 0 bridgehead atoms. The second kappa shape index (κ2) is 9.34. The van der Waals surface area contributed by atoms with Gasteiger partial charge in [0.2, 0.25) is 0 Å². The number of fused-ring (bicyclic) bond motifs is 2. The van der Waals surface area contributed by atoms with Crippen LogP contribution in [0.3, 0.4) is 0 Å². The van der Waals surface area contributed by atoms with Crippen LogP contribution in [-0.2, 0) is 10.2 Å². The van der Waals surface area contributed by atoms with E-state index in [9.17, 15) is 20.0 Å². The summed E-state index contributed by atoms with van der Waals surface area (Å²) >= 11 is 0. The van der Waals surface area contributed by atoms with E-state index in [1.807, 2.05) is 51.1 Å². The number of ether oxygens (including phenoxy) is 2. The molecule has 4 aromatic rings. The van der Waals surface area contributed by atoms with Gasteiger partial charge in [0.15, 0.2) is 11.5 Å². The number of carbonyl (C=O) groups excluding carboxylic acids is 1. The van der Waals surface area contributed by atoms with Crippen molar-refractivity contribution in [1.82, 2.24) is 14.6 Å². The lowest BCUT2D eigenvalue weighted by molar-refractivity contribution is 0.0580.